The molecule has 10 heteroatoms. The number of aromatic nitrogens is 2. The van der Waals surface area contributed by atoms with Crippen LogP contribution in [0.25, 0.3) is 33.6 Å². The van der Waals surface area contributed by atoms with Crippen molar-refractivity contribution in [3.05, 3.63) is 60.0 Å². The first kappa shape index (κ1) is 26.7. The summed E-state index contributed by atoms with van der Waals surface area (Å²) in [5, 5.41) is 9.85. The number of carbonyl (C=O) groups excluding carboxylic acids is 1. The van der Waals surface area contributed by atoms with Gasteiger partial charge in [-0.2, -0.15) is 5.26 Å². The van der Waals surface area contributed by atoms with Gasteiger partial charge in [0.1, 0.15) is 35.0 Å². The maximum Gasteiger partial charge on any atom is 0.272 e. The number of hydrogen-bond acceptors (Lipinski definition) is 8. The van der Waals surface area contributed by atoms with Crippen molar-refractivity contribution in [1.82, 2.24) is 19.8 Å². The van der Waals surface area contributed by atoms with E-state index < -0.39 is 6.17 Å². The van der Waals surface area contributed by atoms with Gasteiger partial charge < -0.3 is 23.9 Å². The van der Waals surface area contributed by atoms with Crippen molar-refractivity contribution < 1.29 is 18.3 Å². The number of ether oxygens (including phenoxy) is 1. The van der Waals surface area contributed by atoms with Crippen molar-refractivity contribution in [2.75, 3.05) is 52.3 Å². The number of rotatable bonds is 6. The van der Waals surface area contributed by atoms with E-state index in [2.05, 4.69) is 20.9 Å². The zero-order chi connectivity index (χ0) is 28.7. The second-order valence-electron chi connectivity index (χ2n) is 10.8. The summed E-state index contributed by atoms with van der Waals surface area (Å²) in [7, 11) is 5.60. The van der Waals surface area contributed by atoms with Crippen LogP contribution in [-0.2, 0) is 0 Å². The van der Waals surface area contributed by atoms with Crippen molar-refractivity contribution in [1.29, 1.82) is 5.26 Å². The summed E-state index contributed by atoms with van der Waals surface area (Å²) in [6.45, 7) is 2.24. The van der Waals surface area contributed by atoms with Crippen molar-refractivity contribution in [2.24, 2.45) is 0 Å². The molecule has 2 aliphatic heterocycles. The Bertz CT molecular complexity index is 1660. The Balaban J connectivity index is 1.32. The summed E-state index contributed by atoms with van der Waals surface area (Å²) in [6, 6.07) is 13.5. The highest BCUT2D eigenvalue weighted by atomic mass is 19.1. The van der Waals surface area contributed by atoms with Gasteiger partial charge in [0.2, 0.25) is 0 Å². The van der Waals surface area contributed by atoms with Crippen LogP contribution < -0.4 is 9.64 Å². The molecule has 210 valence electrons. The molecule has 0 unspecified atom stereocenters. The summed E-state index contributed by atoms with van der Waals surface area (Å²) in [6.07, 6.45) is 3.81. The fourth-order valence-corrected chi connectivity index (χ4v) is 5.72. The van der Waals surface area contributed by atoms with Crippen molar-refractivity contribution in [3.8, 4) is 34.3 Å². The zero-order valence-electron chi connectivity index (χ0n) is 23.3. The van der Waals surface area contributed by atoms with E-state index in [0.29, 0.717) is 78.1 Å². The molecule has 4 aromatic rings. The molecule has 2 saturated heterocycles. The number of fused-ring (bicyclic) bond motifs is 1. The van der Waals surface area contributed by atoms with Gasteiger partial charge in [0.25, 0.3) is 5.91 Å². The lowest BCUT2D eigenvalue weighted by Gasteiger charge is -2.20. The minimum atomic E-state index is -0.878. The number of methoxy groups -OCH3 is 1. The first-order valence-corrected chi connectivity index (χ1v) is 13.7. The Kier molecular flexibility index (Phi) is 7.05. The van der Waals surface area contributed by atoms with Crippen LogP contribution >= 0.6 is 0 Å². The maximum atomic E-state index is 13.8. The largest absolute Gasteiger partial charge is 0.496 e. The minimum Gasteiger partial charge on any atom is -0.496 e. The molecule has 0 N–H and O–H groups in total. The molecule has 41 heavy (non-hydrogen) atoms. The summed E-state index contributed by atoms with van der Waals surface area (Å²) in [5.74, 6) is 0.848. The SMILES string of the molecule is COc1cc(C(=O)N2CC[C@@H](N(C)C)C2)ncc1-c1cc2nccc(-c3ccc(N4CC[C@@H](F)C4)c(C#N)c3)c2o1. The Labute approximate surface area is 237 Å². The summed E-state index contributed by atoms with van der Waals surface area (Å²) >= 11 is 0. The Morgan fingerprint density at radius 2 is 1.98 bits per heavy atom. The molecule has 0 bridgehead atoms. The van der Waals surface area contributed by atoms with Gasteiger partial charge in [0, 0.05) is 62.3 Å². The second-order valence-corrected chi connectivity index (χ2v) is 10.8. The molecule has 1 aromatic carbocycles. The van der Waals surface area contributed by atoms with Crippen LogP contribution in [0, 0.1) is 11.3 Å². The van der Waals surface area contributed by atoms with Gasteiger partial charge >= 0.3 is 0 Å². The quantitative estimate of drug-likeness (QED) is 0.337. The van der Waals surface area contributed by atoms with Gasteiger partial charge in [-0.25, -0.2) is 4.39 Å². The summed E-state index contributed by atoms with van der Waals surface area (Å²) in [5.41, 5.74) is 4.89. The molecule has 2 atom stereocenters. The van der Waals surface area contributed by atoms with E-state index in [4.69, 9.17) is 9.15 Å². The van der Waals surface area contributed by atoms with E-state index in [1.807, 2.05) is 48.2 Å². The van der Waals surface area contributed by atoms with Crippen LogP contribution in [0.1, 0.15) is 28.9 Å². The van der Waals surface area contributed by atoms with Gasteiger partial charge in [-0.05, 0) is 50.7 Å². The van der Waals surface area contributed by atoms with Gasteiger partial charge in [0.15, 0.2) is 5.58 Å². The number of nitrogens with zero attached hydrogens (tertiary/aromatic N) is 6. The number of halogens is 1. The number of pyridine rings is 2. The minimum absolute atomic E-state index is 0.125. The van der Waals surface area contributed by atoms with Crippen LogP contribution in [0.3, 0.4) is 0 Å². The maximum absolute atomic E-state index is 13.8. The fraction of sp³-hybridized carbons (Fsp3) is 0.355. The van der Waals surface area contributed by atoms with Crippen molar-refractivity contribution in [2.45, 2.75) is 25.1 Å². The highest BCUT2D eigenvalue weighted by molar-refractivity contribution is 5.95. The van der Waals surface area contributed by atoms with Crippen LogP contribution in [-0.4, -0.2) is 85.3 Å². The molecule has 0 saturated carbocycles. The average Bonchev–Trinajstić information content (AvgIpc) is 3.75. The van der Waals surface area contributed by atoms with Crippen LogP contribution in [0.2, 0.25) is 0 Å². The predicted octanol–water partition coefficient (Wildman–Crippen LogP) is 4.76. The average molecular weight is 555 g/mol. The first-order valence-electron chi connectivity index (χ1n) is 13.7. The number of likely N-dealkylation sites (tertiary alicyclic amines) is 1. The van der Waals surface area contributed by atoms with Crippen molar-refractivity contribution in [3.63, 3.8) is 0 Å². The molecule has 0 spiro atoms. The predicted molar refractivity (Wildman–Crippen MR) is 154 cm³/mol. The number of hydrogen-bond donors (Lipinski definition) is 0. The molecule has 2 fully saturated rings. The number of amides is 1. The zero-order valence-corrected chi connectivity index (χ0v) is 23.3. The molecule has 5 heterocycles. The van der Waals surface area contributed by atoms with E-state index in [1.54, 1.807) is 31.6 Å². The third-order valence-corrected chi connectivity index (χ3v) is 8.06. The highest BCUT2D eigenvalue weighted by Crippen LogP contribution is 2.38. The Morgan fingerprint density at radius 3 is 2.68 bits per heavy atom. The van der Waals surface area contributed by atoms with E-state index in [9.17, 15) is 14.4 Å². The van der Waals surface area contributed by atoms with Gasteiger partial charge in [0.05, 0.1) is 23.9 Å². The molecule has 2 aliphatic rings. The first-order chi connectivity index (χ1) is 19.9. The lowest BCUT2D eigenvalue weighted by Crippen LogP contribution is -2.34. The number of carbonyl (C=O) groups is 1. The van der Waals surface area contributed by atoms with Gasteiger partial charge in [-0.15, -0.1) is 0 Å². The fourth-order valence-electron chi connectivity index (χ4n) is 5.72. The lowest BCUT2D eigenvalue weighted by atomic mass is 10.0. The Morgan fingerprint density at radius 1 is 1.12 bits per heavy atom. The number of furan rings is 1. The molecule has 6 rings (SSSR count). The van der Waals surface area contributed by atoms with Crippen LogP contribution in [0.15, 0.2) is 53.2 Å². The standard InChI is InChI=1S/C31H31FN6O3/c1-36(2)22-8-11-38(18-22)31(39)26-14-28(40-3)24(16-35-26)29-13-25-30(41-29)23(6-9-34-25)19-4-5-27(20(12-19)15-33)37-10-7-21(32)17-37/h4-6,9,12-14,16,21-22H,7-8,10-11,17-18H2,1-3H3/t21-,22-/m1/s1. The lowest BCUT2D eigenvalue weighted by molar-refractivity contribution is 0.0777. The number of benzene rings is 1. The number of anilines is 1. The highest BCUT2D eigenvalue weighted by Gasteiger charge is 2.30. The van der Waals surface area contributed by atoms with E-state index in [0.717, 1.165) is 23.2 Å². The normalized spacial score (nSPS) is 18.8. The molecule has 1 amide bonds. The molecular weight excluding hydrogens is 523 g/mol. The molecule has 9 nitrogen and oxygen atoms in total. The van der Waals surface area contributed by atoms with E-state index in [1.165, 1.54) is 0 Å². The monoisotopic (exact) mass is 554 g/mol. The third-order valence-electron chi connectivity index (χ3n) is 8.06. The van der Waals surface area contributed by atoms with Gasteiger partial charge in [-0.1, -0.05) is 6.07 Å². The Hall–Kier alpha value is -4.49. The number of likely N-dealkylation sites (N-methyl/N-ethyl adjacent to an activating group) is 1. The molecule has 0 aliphatic carbocycles. The third kappa shape index (κ3) is 4.98. The molecule has 3 aromatic heterocycles. The van der Waals surface area contributed by atoms with Crippen LogP contribution in [0.4, 0.5) is 10.1 Å². The van der Waals surface area contributed by atoms with Crippen LogP contribution in [0.5, 0.6) is 5.75 Å². The number of alkyl halides is 1. The van der Waals surface area contributed by atoms with E-state index in [-0.39, 0.29) is 5.91 Å². The molecule has 0 radical (unpaired) electrons. The summed E-state index contributed by atoms with van der Waals surface area (Å²) < 4.78 is 25.8. The van der Waals surface area contributed by atoms with E-state index >= 15 is 0 Å². The topological polar surface area (TPSA) is 98.7 Å². The summed E-state index contributed by atoms with van der Waals surface area (Å²) in [4.78, 5) is 28.0. The van der Waals surface area contributed by atoms with Crippen molar-refractivity contribution >= 4 is 22.7 Å². The number of nitriles is 1. The molecular formula is C31H31FN6O3. The smallest absolute Gasteiger partial charge is 0.272 e. The van der Waals surface area contributed by atoms with Gasteiger partial charge in [-0.3, -0.25) is 14.8 Å². The second kappa shape index (κ2) is 10.8.